The summed E-state index contributed by atoms with van der Waals surface area (Å²) >= 11 is 7.82. The van der Waals surface area contributed by atoms with Crippen molar-refractivity contribution >= 4 is 45.7 Å². The summed E-state index contributed by atoms with van der Waals surface area (Å²) in [6.45, 7) is -0.277. The van der Waals surface area contributed by atoms with Gasteiger partial charge in [0.1, 0.15) is 18.3 Å². The summed E-state index contributed by atoms with van der Waals surface area (Å²) in [5.41, 5.74) is -0.152. The highest BCUT2D eigenvalue weighted by atomic mass is 35.5. The molecule has 1 aliphatic heterocycles. The second-order valence-corrected chi connectivity index (χ2v) is 8.63. The van der Waals surface area contributed by atoms with Gasteiger partial charge in [-0.15, -0.1) is 11.3 Å². The number of halogens is 1. The molecule has 0 unspecified atom stereocenters. The summed E-state index contributed by atoms with van der Waals surface area (Å²) in [7, 11) is 2.85. The summed E-state index contributed by atoms with van der Waals surface area (Å²) < 4.78 is 9.04. The fourth-order valence-corrected chi connectivity index (χ4v) is 4.75. The van der Waals surface area contributed by atoms with Crippen LogP contribution in [0.3, 0.4) is 0 Å². The van der Waals surface area contributed by atoms with Crippen molar-refractivity contribution < 1.29 is 9.21 Å². The second-order valence-electron chi connectivity index (χ2n) is 7.34. The molecule has 0 fully saturated rings. The molecule has 4 aromatic rings. The minimum atomic E-state index is -0.581. The van der Waals surface area contributed by atoms with Crippen LogP contribution >= 0.6 is 22.9 Å². The Morgan fingerprint density at radius 2 is 2.06 bits per heavy atom. The number of thiophene rings is 1. The van der Waals surface area contributed by atoms with Crippen LogP contribution < -0.4 is 11.2 Å². The van der Waals surface area contributed by atoms with Crippen molar-refractivity contribution in [3.63, 3.8) is 0 Å². The van der Waals surface area contributed by atoms with Crippen LogP contribution in [0.1, 0.15) is 23.1 Å². The average molecular weight is 473 g/mol. The van der Waals surface area contributed by atoms with Gasteiger partial charge in [0.15, 0.2) is 11.2 Å². The Kier molecular flexibility index (Phi) is 4.86. The molecule has 0 radical (unpaired) electrons. The van der Waals surface area contributed by atoms with Crippen LogP contribution in [0.25, 0.3) is 11.2 Å². The van der Waals surface area contributed by atoms with Gasteiger partial charge in [-0.25, -0.2) is 9.80 Å². The Balaban J connectivity index is 1.56. The SMILES string of the molecule is Cn1c(=O)c2c(nc(Cl)n2CC(=O)N2N=C(c3cccs3)C[C@H]2c2ccco2)n(C)c1=O. The van der Waals surface area contributed by atoms with Crippen molar-refractivity contribution in [2.45, 2.75) is 19.0 Å². The van der Waals surface area contributed by atoms with E-state index in [9.17, 15) is 14.4 Å². The first-order chi connectivity index (χ1) is 15.4. The molecule has 10 nitrogen and oxygen atoms in total. The van der Waals surface area contributed by atoms with E-state index < -0.39 is 23.2 Å². The highest BCUT2D eigenvalue weighted by molar-refractivity contribution is 7.12. The number of carbonyl (C=O) groups is 1. The zero-order valence-electron chi connectivity index (χ0n) is 17.1. The summed E-state index contributed by atoms with van der Waals surface area (Å²) in [5.74, 6) is 0.212. The molecule has 4 aromatic heterocycles. The van der Waals surface area contributed by atoms with E-state index in [1.807, 2.05) is 17.5 Å². The van der Waals surface area contributed by atoms with Gasteiger partial charge in [-0.05, 0) is 35.2 Å². The molecule has 0 saturated heterocycles. The lowest BCUT2D eigenvalue weighted by Gasteiger charge is -2.20. The van der Waals surface area contributed by atoms with Gasteiger partial charge in [-0.2, -0.15) is 10.1 Å². The van der Waals surface area contributed by atoms with Crippen molar-refractivity contribution in [2.24, 2.45) is 19.2 Å². The molecule has 1 aliphatic rings. The zero-order chi connectivity index (χ0) is 22.6. The zero-order valence-corrected chi connectivity index (χ0v) is 18.6. The molecule has 0 aliphatic carbocycles. The quantitative estimate of drug-likeness (QED) is 0.423. The average Bonchev–Trinajstić information content (AvgIpc) is 3.57. The second kappa shape index (κ2) is 7.61. The molecular weight excluding hydrogens is 456 g/mol. The van der Waals surface area contributed by atoms with Crippen molar-refractivity contribution in [1.82, 2.24) is 23.7 Å². The monoisotopic (exact) mass is 472 g/mol. The summed E-state index contributed by atoms with van der Waals surface area (Å²) in [6, 6.07) is 7.00. The van der Waals surface area contributed by atoms with E-state index in [4.69, 9.17) is 16.0 Å². The predicted molar refractivity (Wildman–Crippen MR) is 119 cm³/mol. The van der Waals surface area contributed by atoms with E-state index in [0.717, 1.165) is 15.2 Å². The maximum atomic E-state index is 13.4. The minimum absolute atomic E-state index is 0.0668. The maximum Gasteiger partial charge on any atom is 0.332 e. The van der Waals surface area contributed by atoms with E-state index >= 15 is 0 Å². The normalized spacial score (nSPS) is 16.2. The van der Waals surface area contributed by atoms with Gasteiger partial charge in [-0.3, -0.25) is 23.3 Å². The third kappa shape index (κ3) is 3.12. The number of nitrogens with zero attached hydrogens (tertiary/aromatic N) is 6. The molecule has 0 N–H and O–H groups in total. The van der Waals surface area contributed by atoms with Crippen LogP contribution in [0, 0.1) is 0 Å². The van der Waals surface area contributed by atoms with Gasteiger partial charge < -0.3 is 4.42 Å². The number of hydrazone groups is 1. The standard InChI is InChI=1S/C20H17ClN6O4S/c1-24-17-16(18(29)25(2)20(24)30)26(19(21)22-17)10-15(28)27-12(13-5-3-7-31-13)9-11(23-27)14-6-4-8-32-14/h3-8,12H,9-10H2,1-2H3/t12-/m0/s1. The number of aryl methyl sites for hydroxylation is 1. The Labute approximate surface area is 189 Å². The number of amides is 1. The molecule has 5 rings (SSSR count). The smallest absolute Gasteiger partial charge is 0.332 e. The molecule has 164 valence electrons. The van der Waals surface area contributed by atoms with Gasteiger partial charge in [0.2, 0.25) is 5.28 Å². The summed E-state index contributed by atoms with van der Waals surface area (Å²) in [6.07, 6.45) is 2.04. The lowest BCUT2D eigenvalue weighted by molar-refractivity contribution is -0.133. The van der Waals surface area contributed by atoms with Crippen molar-refractivity contribution in [2.75, 3.05) is 0 Å². The molecule has 0 saturated carbocycles. The van der Waals surface area contributed by atoms with Crippen LogP contribution in [-0.2, 0) is 25.4 Å². The first kappa shape index (κ1) is 20.5. The predicted octanol–water partition coefficient (Wildman–Crippen LogP) is 2.12. The number of imidazole rings is 1. The number of fused-ring (bicyclic) bond motifs is 1. The minimum Gasteiger partial charge on any atom is -0.467 e. The molecule has 0 aromatic carbocycles. The van der Waals surface area contributed by atoms with Crippen LogP contribution in [0.4, 0.5) is 0 Å². The lowest BCUT2D eigenvalue weighted by Crippen LogP contribution is -2.38. The van der Waals surface area contributed by atoms with Gasteiger partial charge in [0, 0.05) is 20.5 Å². The number of furan rings is 1. The maximum absolute atomic E-state index is 13.4. The molecular formula is C20H17ClN6O4S. The summed E-state index contributed by atoms with van der Waals surface area (Å²) in [4.78, 5) is 43.4. The lowest BCUT2D eigenvalue weighted by atomic mass is 10.1. The molecule has 12 heteroatoms. The highest BCUT2D eigenvalue weighted by Gasteiger charge is 2.35. The number of hydrogen-bond donors (Lipinski definition) is 0. The van der Waals surface area contributed by atoms with Gasteiger partial charge in [0.05, 0.1) is 16.9 Å². The van der Waals surface area contributed by atoms with Crippen molar-refractivity contribution in [3.8, 4) is 0 Å². The van der Waals surface area contributed by atoms with Gasteiger partial charge in [-0.1, -0.05) is 6.07 Å². The van der Waals surface area contributed by atoms with Crippen LogP contribution in [-0.4, -0.2) is 35.3 Å². The van der Waals surface area contributed by atoms with E-state index in [0.29, 0.717) is 12.2 Å². The third-order valence-corrected chi connectivity index (χ3v) is 6.65. The van der Waals surface area contributed by atoms with E-state index in [2.05, 4.69) is 10.1 Å². The van der Waals surface area contributed by atoms with E-state index in [1.54, 1.807) is 18.4 Å². The van der Waals surface area contributed by atoms with Crippen LogP contribution in [0.15, 0.2) is 55.0 Å². The van der Waals surface area contributed by atoms with E-state index in [-0.39, 0.29) is 23.0 Å². The summed E-state index contributed by atoms with van der Waals surface area (Å²) in [5, 5.41) is 7.81. The first-order valence-corrected chi connectivity index (χ1v) is 10.9. The van der Waals surface area contributed by atoms with Gasteiger partial charge >= 0.3 is 5.69 Å². The Hall–Kier alpha value is -3.44. The largest absolute Gasteiger partial charge is 0.467 e. The van der Waals surface area contributed by atoms with Crippen LogP contribution in [0.5, 0.6) is 0 Å². The molecule has 1 atom stereocenters. The fourth-order valence-electron chi connectivity index (χ4n) is 3.81. The molecule has 0 spiro atoms. The number of hydrogen-bond acceptors (Lipinski definition) is 7. The third-order valence-electron chi connectivity index (χ3n) is 5.44. The number of aromatic nitrogens is 4. The Morgan fingerprint density at radius 3 is 2.75 bits per heavy atom. The molecule has 5 heterocycles. The topological polar surface area (TPSA) is 108 Å². The molecule has 0 bridgehead atoms. The fraction of sp³-hybridized carbons (Fsp3) is 0.250. The van der Waals surface area contributed by atoms with Gasteiger partial charge in [0.25, 0.3) is 11.5 Å². The Bertz CT molecular complexity index is 1480. The highest BCUT2D eigenvalue weighted by Crippen LogP contribution is 2.34. The van der Waals surface area contributed by atoms with E-state index in [1.165, 1.54) is 39.6 Å². The number of carbonyl (C=O) groups excluding carboxylic acids is 1. The van der Waals surface area contributed by atoms with Crippen LogP contribution in [0.2, 0.25) is 5.28 Å². The Morgan fingerprint density at radius 1 is 1.25 bits per heavy atom. The van der Waals surface area contributed by atoms with Crippen molar-refractivity contribution in [1.29, 1.82) is 0 Å². The molecule has 32 heavy (non-hydrogen) atoms. The number of rotatable bonds is 4. The molecule has 1 amide bonds. The van der Waals surface area contributed by atoms with Crippen molar-refractivity contribution in [3.05, 3.63) is 72.7 Å². The first-order valence-electron chi connectivity index (χ1n) is 9.65.